The maximum atomic E-state index is 14.0. The number of aromatic nitrogens is 1. The molecule has 0 bridgehead atoms. The van der Waals surface area contributed by atoms with Gasteiger partial charge < -0.3 is 15.4 Å². The number of amides is 2. The quantitative estimate of drug-likeness (QED) is 0.513. The van der Waals surface area contributed by atoms with E-state index in [1.807, 2.05) is 13.8 Å². The minimum Gasteiger partial charge on any atom is -0.393 e. The van der Waals surface area contributed by atoms with E-state index in [9.17, 15) is 23.9 Å². The fraction of sp³-hybridized carbons (Fsp3) is 0.480. The fourth-order valence-electron chi connectivity index (χ4n) is 5.05. The van der Waals surface area contributed by atoms with Crippen LogP contribution in [0.3, 0.4) is 0 Å². The molecule has 2 amide bonds. The summed E-state index contributed by atoms with van der Waals surface area (Å²) in [5.41, 5.74) is 6.94. The van der Waals surface area contributed by atoms with Gasteiger partial charge in [-0.2, -0.15) is 0 Å². The van der Waals surface area contributed by atoms with Crippen molar-refractivity contribution in [3.05, 3.63) is 52.1 Å². The summed E-state index contributed by atoms with van der Waals surface area (Å²) < 4.78 is 15.6. The molecular formula is C25H32FN3O4. The summed E-state index contributed by atoms with van der Waals surface area (Å²) in [5, 5.41) is 10.0. The third-order valence-corrected chi connectivity index (χ3v) is 6.92. The molecule has 33 heavy (non-hydrogen) atoms. The largest absolute Gasteiger partial charge is 0.393 e. The van der Waals surface area contributed by atoms with E-state index in [1.165, 1.54) is 17.0 Å². The van der Waals surface area contributed by atoms with Crippen molar-refractivity contribution in [2.24, 2.45) is 12.8 Å². The van der Waals surface area contributed by atoms with E-state index in [1.54, 1.807) is 31.5 Å². The van der Waals surface area contributed by atoms with Crippen molar-refractivity contribution in [3.63, 3.8) is 0 Å². The van der Waals surface area contributed by atoms with Crippen molar-refractivity contribution in [1.29, 1.82) is 0 Å². The Bertz CT molecular complexity index is 1110. The number of rotatable bonds is 6. The molecular weight excluding hydrogens is 425 g/mol. The topological polar surface area (TPSA) is 106 Å². The number of ketones is 1. The Kier molecular flexibility index (Phi) is 6.79. The van der Waals surface area contributed by atoms with Gasteiger partial charge in [-0.15, -0.1) is 0 Å². The number of hydrogen-bond acceptors (Lipinski definition) is 4. The van der Waals surface area contributed by atoms with E-state index in [0.717, 1.165) is 0 Å². The minimum atomic E-state index is -0.762. The molecule has 0 saturated heterocycles. The number of halogens is 1. The first-order valence-electron chi connectivity index (χ1n) is 11.2. The standard InChI is InChI=1S/C25H32FN3O4/c1-6-19-20(23(27)32)15(3)21(28(19)5)22(31)24(33)29(16-7-8-18(26)14(2)13-16)25(4)11-9-17(30)10-12-25/h7-8,13,17,30H,6,9-12H2,1-5H3,(H2,27,32). The number of aliphatic hydroxyl groups excluding tert-OH is 1. The van der Waals surface area contributed by atoms with Crippen LogP contribution in [0.5, 0.6) is 0 Å². The van der Waals surface area contributed by atoms with Crippen LogP contribution in [0.1, 0.15) is 77.2 Å². The summed E-state index contributed by atoms with van der Waals surface area (Å²) in [5.74, 6) is -2.57. The lowest BCUT2D eigenvalue weighted by Crippen LogP contribution is -2.55. The molecule has 178 valence electrons. The highest BCUT2D eigenvalue weighted by atomic mass is 19.1. The van der Waals surface area contributed by atoms with Crippen LogP contribution >= 0.6 is 0 Å². The molecule has 1 aliphatic rings. The van der Waals surface area contributed by atoms with Crippen LogP contribution in [0.4, 0.5) is 10.1 Å². The molecule has 0 spiro atoms. The van der Waals surface area contributed by atoms with Crippen molar-refractivity contribution < 1.29 is 23.9 Å². The molecule has 1 saturated carbocycles. The second-order valence-electron chi connectivity index (χ2n) is 9.20. The summed E-state index contributed by atoms with van der Waals surface area (Å²) in [6.07, 6.45) is 1.97. The van der Waals surface area contributed by atoms with Gasteiger partial charge in [-0.25, -0.2) is 4.39 Å². The number of primary amides is 1. The second-order valence-corrected chi connectivity index (χ2v) is 9.20. The zero-order chi connectivity index (χ0) is 24.7. The van der Waals surface area contributed by atoms with Gasteiger partial charge in [0.15, 0.2) is 0 Å². The van der Waals surface area contributed by atoms with Gasteiger partial charge in [0.1, 0.15) is 5.82 Å². The maximum absolute atomic E-state index is 14.0. The summed E-state index contributed by atoms with van der Waals surface area (Å²) >= 11 is 0. The van der Waals surface area contributed by atoms with Crippen molar-refractivity contribution in [2.45, 2.75) is 71.4 Å². The number of nitrogens with zero attached hydrogens (tertiary/aromatic N) is 2. The lowest BCUT2D eigenvalue weighted by atomic mass is 9.79. The van der Waals surface area contributed by atoms with Crippen molar-refractivity contribution in [1.82, 2.24) is 4.57 Å². The van der Waals surface area contributed by atoms with Crippen LogP contribution in [0.2, 0.25) is 0 Å². The van der Waals surface area contributed by atoms with Gasteiger partial charge in [0.25, 0.3) is 11.7 Å². The number of aliphatic hydroxyl groups is 1. The summed E-state index contributed by atoms with van der Waals surface area (Å²) in [6, 6.07) is 4.33. The van der Waals surface area contributed by atoms with Crippen LogP contribution in [0.25, 0.3) is 0 Å². The first kappa shape index (κ1) is 24.6. The summed E-state index contributed by atoms with van der Waals surface area (Å²) in [6.45, 7) is 6.95. The number of benzene rings is 1. The van der Waals surface area contributed by atoms with E-state index in [4.69, 9.17) is 5.73 Å². The molecule has 1 aliphatic carbocycles. The predicted molar refractivity (Wildman–Crippen MR) is 124 cm³/mol. The molecule has 0 aliphatic heterocycles. The first-order chi connectivity index (χ1) is 15.4. The molecule has 8 heteroatoms. The summed E-state index contributed by atoms with van der Waals surface area (Å²) in [7, 11) is 1.64. The van der Waals surface area contributed by atoms with Crippen molar-refractivity contribution in [3.8, 4) is 0 Å². The SMILES string of the molecule is CCc1c(C(N)=O)c(C)c(C(=O)C(=O)N(c2ccc(F)c(C)c2)C2(C)CCC(O)CC2)n1C. The van der Waals surface area contributed by atoms with Crippen molar-refractivity contribution in [2.75, 3.05) is 4.90 Å². The Hall–Kier alpha value is -3.00. The van der Waals surface area contributed by atoms with Gasteiger partial charge in [0, 0.05) is 24.0 Å². The average Bonchev–Trinajstić information content (AvgIpc) is 3.02. The maximum Gasteiger partial charge on any atom is 0.301 e. The number of Topliss-reactive ketones (excluding diaryl/α,β-unsaturated/α-hetero) is 1. The Morgan fingerprint density at radius 2 is 1.85 bits per heavy atom. The molecule has 2 aromatic rings. The third kappa shape index (κ3) is 4.31. The van der Waals surface area contributed by atoms with Crippen LogP contribution < -0.4 is 10.6 Å². The molecule has 3 N–H and O–H groups in total. The van der Waals surface area contributed by atoms with Gasteiger partial charge in [-0.1, -0.05) is 6.92 Å². The molecule has 0 atom stereocenters. The van der Waals surface area contributed by atoms with Gasteiger partial charge in [0.2, 0.25) is 0 Å². The highest BCUT2D eigenvalue weighted by molar-refractivity contribution is 6.47. The molecule has 0 unspecified atom stereocenters. The zero-order valence-electron chi connectivity index (χ0n) is 19.9. The number of anilines is 1. The molecule has 1 aromatic heterocycles. The molecule has 1 fully saturated rings. The monoisotopic (exact) mass is 457 g/mol. The molecule has 1 aromatic carbocycles. The van der Waals surface area contributed by atoms with Gasteiger partial charge in [-0.05, 0) is 82.2 Å². The number of nitrogens with two attached hydrogens (primary N) is 1. The smallest absolute Gasteiger partial charge is 0.301 e. The number of carbonyl (C=O) groups excluding carboxylic acids is 3. The van der Waals surface area contributed by atoms with Gasteiger partial charge in [0.05, 0.1) is 17.4 Å². The lowest BCUT2D eigenvalue weighted by molar-refractivity contribution is -0.116. The van der Waals surface area contributed by atoms with Crippen LogP contribution in [0, 0.1) is 19.7 Å². The minimum absolute atomic E-state index is 0.119. The van der Waals surface area contributed by atoms with Crippen LogP contribution in [-0.4, -0.2) is 38.9 Å². The van der Waals surface area contributed by atoms with E-state index < -0.39 is 35.1 Å². The highest BCUT2D eigenvalue weighted by Crippen LogP contribution is 2.38. The van der Waals surface area contributed by atoms with Crippen LogP contribution in [-0.2, 0) is 18.3 Å². The van der Waals surface area contributed by atoms with Crippen LogP contribution in [0.15, 0.2) is 18.2 Å². The molecule has 7 nitrogen and oxygen atoms in total. The van der Waals surface area contributed by atoms with Gasteiger partial charge >= 0.3 is 5.91 Å². The normalized spacial score (nSPS) is 20.5. The van der Waals surface area contributed by atoms with E-state index >= 15 is 0 Å². The first-order valence-corrected chi connectivity index (χ1v) is 11.2. The lowest BCUT2D eigenvalue weighted by Gasteiger charge is -2.44. The van der Waals surface area contributed by atoms with E-state index in [2.05, 4.69) is 0 Å². The molecule has 3 rings (SSSR count). The second kappa shape index (κ2) is 9.09. The molecule has 1 heterocycles. The Balaban J connectivity index is 2.14. The van der Waals surface area contributed by atoms with E-state index in [0.29, 0.717) is 54.6 Å². The van der Waals surface area contributed by atoms with E-state index in [-0.39, 0.29) is 11.3 Å². The molecule has 0 radical (unpaired) electrons. The number of aryl methyl sites for hydroxylation is 1. The third-order valence-electron chi connectivity index (χ3n) is 6.92. The number of hydrogen-bond donors (Lipinski definition) is 2. The highest BCUT2D eigenvalue weighted by Gasteiger charge is 2.43. The Morgan fingerprint density at radius 3 is 2.33 bits per heavy atom. The summed E-state index contributed by atoms with van der Waals surface area (Å²) in [4.78, 5) is 40.9. The average molecular weight is 458 g/mol. The predicted octanol–water partition coefficient (Wildman–Crippen LogP) is 3.35. The Morgan fingerprint density at radius 1 is 1.24 bits per heavy atom. The Labute approximate surface area is 193 Å². The van der Waals surface area contributed by atoms with Crippen molar-refractivity contribution >= 4 is 23.3 Å². The zero-order valence-corrected chi connectivity index (χ0v) is 19.9. The number of carbonyl (C=O) groups is 3. The van der Waals surface area contributed by atoms with Gasteiger partial charge in [-0.3, -0.25) is 19.3 Å². The fourth-order valence-corrected chi connectivity index (χ4v) is 5.05.